The molecule has 0 saturated carbocycles. The lowest BCUT2D eigenvalue weighted by Crippen LogP contribution is -2.57. The largest absolute Gasteiger partial charge is 0.336 e. The Morgan fingerprint density at radius 2 is 1.93 bits per heavy atom. The summed E-state index contributed by atoms with van der Waals surface area (Å²) in [6, 6.07) is 0. The average Bonchev–Trinajstić information content (AvgIpc) is 2.22. The highest BCUT2D eigenvalue weighted by molar-refractivity contribution is 5.75. The Morgan fingerprint density at radius 3 is 2.33 bits per heavy atom. The number of hydrogen-bond donors (Lipinski definition) is 3. The van der Waals surface area contributed by atoms with E-state index in [9.17, 15) is 4.79 Å². The Kier molecular flexibility index (Phi) is 3.67. The van der Waals surface area contributed by atoms with Crippen molar-refractivity contribution in [2.24, 2.45) is 5.41 Å². The zero-order chi connectivity index (χ0) is 11.5. The first-order valence-corrected chi connectivity index (χ1v) is 4.83. The summed E-state index contributed by atoms with van der Waals surface area (Å²) in [5.41, 5.74) is 1.49. The van der Waals surface area contributed by atoms with Crippen LogP contribution in [-0.4, -0.2) is 37.3 Å². The van der Waals surface area contributed by atoms with Crippen molar-refractivity contribution >= 4 is 5.91 Å². The van der Waals surface area contributed by atoms with Crippen molar-refractivity contribution in [2.45, 2.75) is 26.2 Å². The molecule has 1 heterocycles. The zero-order valence-electron chi connectivity index (χ0n) is 9.29. The minimum atomic E-state index is -1.12. The smallest absolute Gasteiger partial charge is 0.250 e. The molecule has 6 heteroatoms. The third kappa shape index (κ3) is 3.13. The van der Waals surface area contributed by atoms with Gasteiger partial charge in [0.2, 0.25) is 11.8 Å². The lowest BCUT2D eigenvalue weighted by atomic mass is 9.95. The van der Waals surface area contributed by atoms with Crippen LogP contribution in [-0.2, 0) is 14.3 Å². The van der Waals surface area contributed by atoms with Crippen LogP contribution < -0.4 is 10.8 Å². The topological polar surface area (TPSA) is 79.8 Å². The maximum atomic E-state index is 11.0. The van der Waals surface area contributed by atoms with E-state index >= 15 is 0 Å². The zero-order valence-corrected chi connectivity index (χ0v) is 9.29. The molecule has 1 fully saturated rings. The van der Waals surface area contributed by atoms with E-state index in [1.807, 2.05) is 13.8 Å². The van der Waals surface area contributed by atoms with E-state index in [2.05, 4.69) is 5.32 Å². The van der Waals surface area contributed by atoms with Gasteiger partial charge in [-0.2, -0.15) is 0 Å². The van der Waals surface area contributed by atoms with Gasteiger partial charge in [0.05, 0.1) is 19.6 Å². The first kappa shape index (κ1) is 12.4. The van der Waals surface area contributed by atoms with E-state index < -0.39 is 11.8 Å². The third-order valence-corrected chi connectivity index (χ3v) is 2.29. The highest BCUT2D eigenvalue weighted by Gasteiger charge is 2.41. The second-order valence-corrected chi connectivity index (χ2v) is 4.46. The number of nitrogens with one attached hydrogen (secondary N) is 2. The Balaban J connectivity index is 2.60. The lowest BCUT2D eigenvalue weighted by Gasteiger charge is -2.42. The van der Waals surface area contributed by atoms with Gasteiger partial charge in [0.15, 0.2) is 0 Å². The van der Waals surface area contributed by atoms with Crippen molar-refractivity contribution in [3.05, 3.63) is 0 Å². The predicted molar refractivity (Wildman–Crippen MR) is 52.0 cm³/mol. The van der Waals surface area contributed by atoms with Gasteiger partial charge in [-0.1, -0.05) is 13.8 Å². The average molecular weight is 218 g/mol. The Labute approximate surface area is 88.9 Å². The molecule has 1 aliphatic heterocycles. The highest BCUT2D eigenvalue weighted by atomic mass is 16.7. The van der Waals surface area contributed by atoms with Crippen molar-refractivity contribution in [1.82, 2.24) is 10.8 Å². The molecule has 15 heavy (non-hydrogen) atoms. The molecule has 88 valence electrons. The molecule has 1 amide bonds. The van der Waals surface area contributed by atoms with Gasteiger partial charge in [-0.05, 0) is 7.05 Å². The minimum absolute atomic E-state index is 0.0595. The van der Waals surface area contributed by atoms with Crippen molar-refractivity contribution in [2.75, 3.05) is 20.3 Å². The quantitative estimate of drug-likeness (QED) is 0.452. The van der Waals surface area contributed by atoms with E-state index in [0.29, 0.717) is 13.2 Å². The van der Waals surface area contributed by atoms with Gasteiger partial charge in [-0.3, -0.25) is 15.3 Å². The lowest BCUT2D eigenvalue weighted by molar-refractivity contribution is -0.311. The number of carbonyl (C=O) groups excluding carboxylic acids is 1. The molecule has 0 bridgehead atoms. The third-order valence-electron chi connectivity index (χ3n) is 2.29. The van der Waals surface area contributed by atoms with E-state index in [1.54, 1.807) is 12.5 Å². The van der Waals surface area contributed by atoms with Gasteiger partial charge in [0, 0.05) is 5.41 Å². The number of rotatable bonds is 3. The predicted octanol–water partition coefficient (Wildman–Crippen LogP) is -0.172. The molecule has 6 nitrogen and oxygen atoms in total. The summed E-state index contributed by atoms with van der Waals surface area (Å²) in [6.07, 6.45) is -0.0872. The van der Waals surface area contributed by atoms with Crippen LogP contribution in [0.1, 0.15) is 20.3 Å². The van der Waals surface area contributed by atoms with Gasteiger partial charge in [-0.25, -0.2) is 5.48 Å². The summed E-state index contributed by atoms with van der Waals surface area (Å²) < 4.78 is 11.0. The molecule has 0 atom stereocenters. The van der Waals surface area contributed by atoms with Crippen LogP contribution in [0.3, 0.4) is 0 Å². The molecule has 1 aliphatic rings. The van der Waals surface area contributed by atoms with Gasteiger partial charge in [0.25, 0.3) is 0 Å². The Bertz CT molecular complexity index is 232. The number of ether oxygens (including phenoxy) is 2. The number of carbonyl (C=O) groups is 1. The fourth-order valence-corrected chi connectivity index (χ4v) is 1.29. The van der Waals surface area contributed by atoms with Crippen LogP contribution in [0.2, 0.25) is 0 Å². The second-order valence-electron chi connectivity index (χ2n) is 4.46. The summed E-state index contributed by atoms with van der Waals surface area (Å²) in [6.45, 7) is 5.01. The standard InChI is InChI=1S/C9H18N2O4/c1-8(2)5-14-9(10-3,15-6-8)4-7(12)11-13/h10,13H,4-6H2,1-3H3,(H,11,12). The van der Waals surface area contributed by atoms with E-state index in [0.717, 1.165) is 0 Å². The van der Waals surface area contributed by atoms with Crippen molar-refractivity contribution in [3.63, 3.8) is 0 Å². The number of amides is 1. The van der Waals surface area contributed by atoms with Gasteiger partial charge < -0.3 is 9.47 Å². The number of hydrogen-bond acceptors (Lipinski definition) is 5. The first-order valence-electron chi connectivity index (χ1n) is 4.83. The molecule has 3 N–H and O–H groups in total. The Morgan fingerprint density at radius 1 is 1.40 bits per heavy atom. The molecule has 0 aromatic rings. The van der Waals surface area contributed by atoms with Crippen LogP contribution in [0, 0.1) is 5.41 Å². The molecule has 0 aromatic carbocycles. The SMILES string of the molecule is CNC1(CC(=O)NO)OCC(C)(C)CO1. The van der Waals surface area contributed by atoms with Crippen molar-refractivity contribution < 1.29 is 19.5 Å². The molecule has 0 unspecified atom stereocenters. The molecule has 0 spiro atoms. The maximum absolute atomic E-state index is 11.0. The van der Waals surface area contributed by atoms with Gasteiger partial charge in [-0.15, -0.1) is 0 Å². The number of hydroxylamine groups is 1. The summed E-state index contributed by atoms with van der Waals surface area (Å²) in [4.78, 5) is 11.0. The normalized spacial score (nSPS) is 23.5. The van der Waals surface area contributed by atoms with E-state index in [-0.39, 0.29) is 11.8 Å². The summed E-state index contributed by atoms with van der Waals surface area (Å²) in [7, 11) is 1.64. The van der Waals surface area contributed by atoms with Crippen LogP contribution >= 0.6 is 0 Å². The molecule has 1 saturated heterocycles. The van der Waals surface area contributed by atoms with Crippen LogP contribution in [0.15, 0.2) is 0 Å². The van der Waals surface area contributed by atoms with Crippen LogP contribution in [0.5, 0.6) is 0 Å². The molecular weight excluding hydrogens is 200 g/mol. The summed E-state index contributed by atoms with van der Waals surface area (Å²) in [5, 5.41) is 11.2. The summed E-state index contributed by atoms with van der Waals surface area (Å²) >= 11 is 0. The van der Waals surface area contributed by atoms with Crippen LogP contribution in [0.25, 0.3) is 0 Å². The minimum Gasteiger partial charge on any atom is -0.336 e. The molecule has 0 aliphatic carbocycles. The fraction of sp³-hybridized carbons (Fsp3) is 0.889. The maximum Gasteiger partial charge on any atom is 0.250 e. The molecular formula is C9H18N2O4. The van der Waals surface area contributed by atoms with Crippen molar-refractivity contribution in [3.8, 4) is 0 Å². The van der Waals surface area contributed by atoms with Gasteiger partial charge >= 0.3 is 0 Å². The fourth-order valence-electron chi connectivity index (χ4n) is 1.29. The van der Waals surface area contributed by atoms with E-state index in [1.165, 1.54) is 0 Å². The summed E-state index contributed by atoms with van der Waals surface area (Å²) in [5.74, 6) is -1.67. The highest BCUT2D eigenvalue weighted by Crippen LogP contribution is 2.29. The van der Waals surface area contributed by atoms with Crippen LogP contribution in [0.4, 0.5) is 0 Å². The van der Waals surface area contributed by atoms with Gasteiger partial charge in [0.1, 0.15) is 0 Å². The van der Waals surface area contributed by atoms with E-state index in [4.69, 9.17) is 14.7 Å². The molecule has 0 radical (unpaired) electrons. The van der Waals surface area contributed by atoms with Crippen molar-refractivity contribution in [1.29, 1.82) is 0 Å². The Hall–Kier alpha value is -0.690. The monoisotopic (exact) mass is 218 g/mol. The molecule has 0 aromatic heterocycles. The second kappa shape index (κ2) is 4.44. The first-order chi connectivity index (χ1) is 6.93. The molecule has 1 rings (SSSR count).